The summed E-state index contributed by atoms with van der Waals surface area (Å²) in [5.41, 5.74) is 0. The second-order valence-corrected chi connectivity index (χ2v) is 4.48. The third-order valence-corrected chi connectivity index (χ3v) is 3.29. The average Bonchev–Trinajstić information content (AvgIpc) is 2.90. The molecule has 13 heavy (non-hydrogen) atoms. The van der Waals surface area contributed by atoms with Crippen molar-refractivity contribution in [2.45, 2.75) is 58.9 Å². The highest BCUT2D eigenvalue weighted by atomic mass is 15.3. The van der Waals surface area contributed by atoms with Crippen molar-refractivity contribution >= 4 is 0 Å². The Morgan fingerprint density at radius 3 is 2.31 bits per heavy atom. The molecule has 78 valence electrons. The van der Waals surface area contributed by atoms with Gasteiger partial charge in [-0.15, -0.1) is 0 Å². The van der Waals surface area contributed by atoms with Crippen LogP contribution in [0.4, 0.5) is 0 Å². The lowest BCUT2D eigenvalue weighted by molar-refractivity contribution is 0.267. The molecule has 2 atom stereocenters. The van der Waals surface area contributed by atoms with Crippen molar-refractivity contribution in [1.82, 2.24) is 4.90 Å². The fraction of sp³-hybridized carbons (Fsp3) is 1.00. The lowest BCUT2D eigenvalue weighted by Crippen LogP contribution is -2.25. The van der Waals surface area contributed by atoms with Crippen LogP contribution in [0.25, 0.3) is 0 Å². The highest BCUT2D eigenvalue weighted by Gasteiger charge is 2.29. The molecular weight excluding hydrogens is 158 g/mol. The highest BCUT2D eigenvalue weighted by molar-refractivity contribution is 4.84. The first kappa shape index (κ1) is 11.0. The van der Waals surface area contributed by atoms with Gasteiger partial charge >= 0.3 is 0 Å². The second kappa shape index (κ2) is 5.64. The molecule has 1 heteroatoms. The van der Waals surface area contributed by atoms with Crippen molar-refractivity contribution in [1.29, 1.82) is 0 Å². The summed E-state index contributed by atoms with van der Waals surface area (Å²) >= 11 is 0. The Morgan fingerprint density at radius 2 is 1.85 bits per heavy atom. The zero-order valence-electron chi connectivity index (χ0n) is 9.55. The van der Waals surface area contributed by atoms with E-state index in [1.165, 1.54) is 45.2 Å². The third-order valence-electron chi connectivity index (χ3n) is 3.29. The van der Waals surface area contributed by atoms with Crippen LogP contribution in [0.3, 0.4) is 0 Å². The van der Waals surface area contributed by atoms with Gasteiger partial charge in [-0.3, -0.25) is 4.90 Å². The van der Waals surface area contributed by atoms with E-state index in [-0.39, 0.29) is 0 Å². The molecule has 2 unspecified atom stereocenters. The summed E-state index contributed by atoms with van der Waals surface area (Å²) in [6, 6.07) is 0.886. The highest BCUT2D eigenvalue weighted by Crippen LogP contribution is 2.24. The van der Waals surface area contributed by atoms with E-state index in [0.717, 1.165) is 12.0 Å². The van der Waals surface area contributed by atoms with E-state index in [1.54, 1.807) is 0 Å². The largest absolute Gasteiger partial charge is 0.298 e. The molecule has 0 amide bonds. The smallest absolute Gasteiger partial charge is 0.0119 e. The Labute approximate surface area is 83.5 Å². The number of rotatable bonds is 7. The molecule has 0 aliphatic carbocycles. The minimum absolute atomic E-state index is 0.886. The molecule has 0 aromatic rings. The average molecular weight is 183 g/mol. The molecule has 0 N–H and O–H groups in total. The minimum Gasteiger partial charge on any atom is -0.298 e. The van der Waals surface area contributed by atoms with Crippen LogP contribution in [-0.4, -0.2) is 24.0 Å². The van der Waals surface area contributed by atoms with Crippen molar-refractivity contribution in [2.24, 2.45) is 5.92 Å². The zero-order chi connectivity index (χ0) is 9.68. The molecule has 1 nitrogen and oxygen atoms in total. The number of hydrogen-bond donors (Lipinski definition) is 0. The number of unbranched alkanes of at least 4 members (excludes halogenated alkanes) is 2. The van der Waals surface area contributed by atoms with E-state index in [1.807, 2.05) is 0 Å². The van der Waals surface area contributed by atoms with Crippen molar-refractivity contribution in [3.63, 3.8) is 0 Å². The Kier molecular flexibility index (Phi) is 4.79. The van der Waals surface area contributed by atoms with E-state index in [2.05, 4.69) is 25.7 Å². The third kappa shape index (κ3) is 3.68. The molecule has 0 spiro atoms. The van der Waals surface area contributed by atoms with Gasteiger partial charge in [0, 0.05) is 19.1 Å². The summed E-state index contributed by atoms with van der Waals surface area (Å²) in [4.78, 5) is 2.62. The fourth-order valence-electron chi connectivity index (χ4n) is 2.32. The van der Waals surface area contributed by atoms with E-state index in [4.69, 9.17) is 0 Å². The standard InChI is InChI=1S/C12H25N/c1-4-6-7-8-11(3)12(5-2)13-9-10-13/h11-12H,4-10H2,1-3H3. The van der Waals surface area contributed by atoms with Gasteiger partial charge in [0.25, 0.3) is 0 Å². The van der Waals surface area contributed by atoms with Gasteiger partial charge in [-0.1, -0.05) is 40.0 Å². The van der Waals surface area contributed by atoms with E-state index in [0.29, 0.717) is 0 Å². The molecule has 0 aromatic heterocycles. The molecule has 0 radical (unpaired) electrons. The van der Waals surface area contributed by atoms with Crippen LogP contribution in [-0.2, 0) is 0 Å². The Morgan fingerprint density at radius 1 is 1.15 bits per heavy atom. The van der Waals surface area contributed by atoms with Crippen LogP contribution in [0.5, 0.6) is 0 Å². The van der Waals surface area contributed by atoms with Crippen LogP contribution in [0.1, 0.15) is 52.9 Å². The molecule has 1 aliphatic rings. The topological polar surface area (TPSA) is 3.01 Å². The predicted octanol–water partition coefficient (Wildman–Crippen LogP) is 3.30. The second-order valence-electron chi connectivity index (χ2n) is 4.48. The minimum atomic E-state index is 0.886. The monoisotopic (exact) mass is 183 g/mol. The first-order valence-corrected chi connectivity index (χ1v) is 6.03. The molecule has 1 aliphatic heterocycles. The summed E-state index contributed by atoms with van der Waals surface area (Å²) in [5.74, 6) is 0.916. The summed E-state index contributed by atoms with van der Waals surface area (Å²) in [6.45, 7) is 9.76. The zero-order valence-corrected chi connectivity index (χ0v) is 9.55. The number of nitrogens with zero attached hydrogens (tertiary/aromatic N) is 1. The Hall–Kier alpha value is -0.0400. The van der Waals surface area contributed by atoms with Crippen molar-refractivity contribution < 1.29 is 0 Å². The van der Waals surface area contributed by atoms with Gasteiger partial charge < -0.3 is 0 Å². The molecule has 0 aromatic carbocycles. The van der Waals surface area contributed by atoms with Gasteiger partial charge in [-0.25, -0.2) is 0 Å². The summed E-state index contributed by atoms with van der Waals surface area (Å²) in [7, 11) is 0. The van der Waals surface area contributed by atoms with Gasteiger partial charge in [0.2, 0.25) is 0 Å². The fourth-order valence-corrected chi connectivity index (χ4v) is 2.32. The van der Waals surface area contributed by atoms with Crippen molar-refractivity contribution in [3.8, 4) is 0 Å². The van der Waals surface area contributed by atoms with Gasteiger partial charge in [-0.2, -0.15) is 0 Å². The van der Waals surface area contributed by atoms with Gasteiger partial charge in [0.15, 0.2) is 0 Å². The van der Waals surface area contributed by atoms with E-state index in [9.17, 15) is 0 Å². The normalized spacial score (nSPS) is 21.5. The molecule has 1 rings (SSSR count). The van der Waals surface area contributed by atoms with Crippen LogP contribution in [0.2, 0.25) is 0 Å². The maximum absolute atomic E-state index is 2.62. The SMILES string of the molecule is CCCCCC(C)C(CC)N1CC1. The molecule has 1 heterocycles. The van der Waals surface area contributed by atoms with Crippen LogP contribution in [0.15, 0.2) is 0 Å². The Bertz CT molecular complexity index is 129. The van der Waals surface area contributed by atoms with Crippen LogP contribution < -0.4 is 0 Å². The van der Waals surface area contributed by atoms with E-state index >= 15 is 0 Å². The lowest BCUT2D eigenvalue weighted by Gasteiger charge is -2.23. The van der Waals surface area contributed by atoms with Gasteiger partial charge in [-0.05, 0) is 18.8 Å². The molecule has 0 saturated carbocycles. The molecule has 0 bridgehead atoms. The van der Waals surface area contributed by atoms with Crippen LogP contribution >= 0.6 is 0 Å². The predicted molar refractivity (Wildman–Crippen MR) is 59.0 cm³/mol. The first-order valence-electron chi connectivity index (χ1n) is 6.03. The maximum atomic E-state index is 2.62. The number of hydrogen-bond acceptors (Lipinski definition) is 1. The molecule has 1 fully saturated rings. The van der Waals surface area contributed by atoms with Gasteiger partial charge in [0.1, 0.15) is 0 Å². The quantitative estimate of drug-likeness (QED) is 0.432. The van der Waals surface area contributed by atoms with Gasteiger partial charge in [0.05, 0.1) is 0 Å². The van der Waals surface area contributed by atoms with Crippen molar-refractivity contribution in [3.05, 3.63) is 0 Å². The maximum Gasteiger partial charge on any atom is 0.0119 e. The Balaban J connectivity index is 2.15. The summed E-state index contributed by atoms with van der Waals surface area (Å²) in [5, 5.41) is 0. The molecule has 1 saturated heterocycles. The van der Waals surface area contributed by atoms with Crippen LogP contribution in [0, 0.1) is 5.92 Å². The summed E-state index contributed by atoms with van der Waals surface area (Å²) < 4.78 is 0. The summed E-state index contributed by atoms with van der Waals surface area (Å²) in [6.07, 6.45) is 6.98. The molecular formula is C12H25N. The first-order chi connectivity index (χ1) is 6.29. The lowest BCUT2D eigenvalue weighted by atomic mass is 9.93. The van der Waals surface area contributed by atoms with Crippen molar-refractivity contribution in [2.75, 3.05) is 13.1 Å². The van der Waals surface area contributed by atoms with E-state index < -0.39 is 0 Å².